The maximum absolute atomic E-state index is 13.2. The minimum Gasteiger partial charge on any atom is -0.338 e. The van der Waals surface area contributed by atoms with Gasteiger partial charge in [-0.15, -0.1) is 10.2 Å². The molecular weight excluding hydrogens is 468 g/mol. The van der Waals surface area contributed by atoms with Crippen LogP contribution >= 0.6 is 11.8 Å². The summed E-state index contributed by atoms with van der Waals surface area (Å²) in [5, 5.41) is 9.51. The predicted octanol–water partition coefficient (Wildman–Crippen LogP) is 4.07. The van der Waals surface area contributed by atoms with Gasteiger partial charge in [-0.1, -0.05) is 66.2 Å². The number of hydrogen-bond acceptors (Lipinski definition) is 6. The molecule has 180 valence electrons. The summed E-state index contributed by atoms with van der Waals surface area (Å²) in [6, 6.07) is 16.0. The maximum atomic E-state index is 13.2. The number of sulfone groups is 1. The van der Waals surface area contributed by atoms with Gasteiger partial charge in [0.2, 0.25) is 5.91 Å². The van der Waals surface area contributed by atoms with E-state index in [4.69, 9.17) is 0 Å². The predicted molar refractivity (Wildman–Crippen MR) is 136 cm³/mol. The van der Waals surface area contributed by atoms with E-state index in [2.05, 4.69) is 10.2 Å². The smallest absolute Gasteiger partial charge is 0.233 e. The van der Waals surface area contributed by atoms with E-state index in [1.54, 1.807) is 4.90 Å². The highest BCUT2D eigenvalue weighted by molar-refractivity contribution is 7.99. The van der Waals surface area contributed by atoms with E-state index >= 15 is 0 Å². The molecule has 9 heteroatoms. The number of benzene rings is 2. The third-order valence-electron chi connectivity index (χ3n) is 5.99. The van der Waals surface area contributed by atoms with Gasteiger partial charge in [-0.2, -0.15) is 0 Å². The standard InChI is InChI=1S/C25H30N4O3S2/c1-4-14-28(22-13-15-34(31,32)17-22)23(30)16-33-25-27-26-24(20-9-5-18(2)6-10-20)29(25)21-11-7-19(3)8-12-21/h5-12,22H,4,13-17H2,1-3H3/t22-/m1/s1. The first-order chi connectivity index (χ1) is 16.3. The average molecular weight is 499 g/mol. The van der Waals surface area contributed by atoms with Crippen LogP contribution in [0.1, 0.15) is 30.9 Å². The van der Waals surface area contributed by atoms with Gasteiger partial charge in [0.1, 0.15) is 0 Å². The van der Waals surface area contributed by atoms with Gasteiger partial charge >= 0.3 is 0 Å². The van der Waals surface area contributed by atoms with Crippen molar-refractivity contribution in [2.24, 2.45) is 0 Å². The molecule has 34 heavy (non-hydrogen) atoms. The number of hydrogen-bond donors (Lipinski definition) is 0. The number of rotatable bonds is 8. The van der Waals surface area contributed by atoms with Crippen molar-refractivity contribution in [2.75, 3.05) is 23.8 Å². The SMILES string of the molecule is CCCN(C(=O)CSc1nnc(-c2ccc(C)cc2)n1-c1ccc(C)cc1)[C@@H]1CCS(=O)(=O)C1. The quantitative estimate of drug-likeness (QED) is 0.435. The maximum Gasteiger partial charge on any atom is 0.233 e. The van der Waals surface area contributed by atoms with Crippen LogP contribution in [0.2, 0.25) is 0 Å². The highest BCUT2D eigenvalue weighted by Crippen LogP contribution is 2.29. The second-order valence-electron chi connectivity index (χ2n) is 8.78. The molecule has 1 aliphatic heterocycles. The Hall–Kier alpha value is -2.65. The van der Waals surface area contributed by atoms with Crippen LogP contribution in [0.5, 0.6) is 0 Å². The molecular formula is C25H30N4O3S2. The molecule has 0 spiro atoms. The molecule has 2 heterocycles. The van der Waals surface area contributed by atoms with E-state index in [0.29, 0.717) is 23.9 Å². The molecule has 2 aromatic carbocycles. The molecule has 0 radical (unpaired) electrons. The second-order valence-corrected chi connectivity index (χ2v) is 11.9. The molecule has 0 N–H and O–H groups in total. The molecule has 1 aromatic heterocycles. The van der Waals surface area contributed by atoms with Crippen LogP contribution in [0, 0.1) is 13.8 Å². The van der Waals surface area contributed by atoms with Gasteiger partial charge < -0.3 is 4.90 Å². The summed E-state index contributed by atoms with van der Waals surface area (Å²) in [5.74, 6) is 1.03. The van der Waals surface area contributed by atoms with E-state index in [9.17, 15) is 13.2 Å². The molecule has 1 saturated heterocycles. The fourth-order valence-electron chi connectivity index (χ4n) is 4.16. The van der Waals surface area contributed by atoms with Gasteiger partial charge in [0.05, 0.1) is 17.3 Å². The Morgan fingerprint density at radius 3 is 2.29 bits per heavy atom. The zero-order valence-corrected chi connectivity index (χ0v) is 21.4. The Morgan fingerprint density at radius 2 is 1.71 bits per heavy atom. The number of thioether (sulfide) groups is 1. The normalized spacial score (nSPS) is 17.1. The zero-order valence-electron chi connectivity index (χ0n) is 19.8. The summed E-state index contributed by atoms with van der Waals surface area (Å²) in [6.45, 7) is 6.63. The first kappa shape index (κ1) is 24.5. The second kappa shape index (κ2) is 10.3. The van der Waals surface area contributed by atoms with Crippen LogP contribution in [0.4, 0.5) is 0 Å². The van der Waals surface area contributed by atoms with Crippen molar-refractivity contribution in [3.8, 4) is 17.1 Å². The summed E-state index contributed by atoms with van der Waals surface area (Å²) in [7, 11) is -3.06. The molecule has 1 amide bonds. The van der Waals surface area contributed by atoms with Crippen LogP contribution in [0.15, 0.2) is 53.7 Å². The summed E-state index contributed by atoms with van der Waals surface area (Å²) in [4.78, 5) is 14.9. The lowest BCUT2D eigenvalue weighted by Gasteiger charge is -2.27. The van der Waals surface area contributed by atoms with Gasteiger partial charge in [-0.05, 0) is 38.8 Å². The van der Waals surface area contributed by atoms with Crippen LogP contribution < -0.4 is 0 Å². The zero-order chi connectivity index (χ0) is 24.3. The lowest BCUT2D eigenvalue weighted by molar-refractivity contribution is -0.130. The average Bonchev–Trinajstić information content (AvgIpc) is 3.39. The van der Waals surface area contributed by atoms with Crippen molar-refractivity contribution in [2.45, 2.75) is 44.8 Å². The number of amides is 1. The summed E-state index contributed by atoms with van der Waals surface area (Å²) < 4.78 is 25.9. The van der Waals surface area contributed by atoms with Crippen LogP contribution in [0.3, 0.4) is 0 Å². The highest BCUT2D eigenvalue weighted by atomic mass is 32.2. The number of carbonyl (C=O) groups is 1. The molecule has 7 nitrogen and oxygen atoms in total. The van der Waals surface area contributed by atoms with Gasteiger partial charge in [0.25, 0.3) is 0 Å². The topological polar surface area (TPSA) is 85.2 Å². The molecule has 0 unspecified atom stereocenters. The highest BCUT2D eigenvalue weighted by Gasteiger charge is 2.34. The van der Waals surface area contributed by atoms with Crippen molar-refractivity contribution >= 4 is 27.5 Å². The summed E-state index contributed by atoms with van der Waals surface area (Å²) >= 11 is 1.33. The Labute approximate surface area is 205 Å². The Morgan fingerprint density at radius 1 is 1.06 bits per heavy atom. The first-order valence-electron chi connectivity index (χ1n) is 11.5. The van der Waals surface area contributed by atoms with Crippen molar-refractivity contribution in [1.82, 2.24) is 19.7 Å². The number of aryl methyl sites for hydroxylation is 2. The molecule has 1 atom stereocenters. The summed E-state index contributed by atoms with van der Waals surface area (Å²) in [6.07, 6.45) is 1.29. The number of nitrogens with zero attached hydrogens (tertiary/aromatic N) is 4. The van der Waals surface area contributed by atoms with Gasteiger partial charge in [-0.3, -0.25) is 9.36 Å². The van der Waals surface area contributed by atoms with E-state index < -0.39 is 9.84 Å². The third kappa shape index (κ3) is 5.52. The lowest BCUT2D eigenvalue weighted by atomic mass is 10.1. The molecule has 0 bridgehead atoms. The Kier molecular flexibility index (Phi) is 7.42. The van der Waals surface area contributed by atoms with E-state index in [0.717, 1.165) is 28.8 Å². The van der Waals surface area contributed by atoms with Crippen LogP contribution in [-0.4, -0.2) is 63.8 Å². The molecule has 1 fully saturated rings. The van der Waals surface area contributed by atoms with Gasteiger partial charge in [0, 0.05) is 23.8 Å². The fraction of sp³-hybridized carbons (Fsp3) is 0.400. The number of carbonyl (C=O) groups excluding carboxylic acids is 1. The van der Waals surface area contributed by atoms with Crippen molar-refractivity contribution in [1.29, 1.82) is 0 Å². The Bertz CT molecular complexity index is 1250. The summed E-state index contributed by atoms with van der Waals surface area (Å²) in [5.41, 5.74) is 4.18. The lowest BCUT2D eigenvalue weighted by Crippen LogP contribution is -2.42. The van der Waals surface area contributed by atoms with Crippen LogP contribution in [0.25, 0.3) is 17.1 Å². The van der Waals surface area contributed by atoms with Crippen molar-refractivity contribution < 1.29 is 13.2 Å². The number of aromatic nitrogens is 3. The van der Waals surface area contributed by atoms with Crippen molar-refractivity contribution in [3.63, 3.8) is 0 Å². The monoisotopic (exact) mass is 498 g/mol. The molecule has 0 saturated carbocycles. The minimum absolute atomic E-state index is 0.0561. The van der Waals surface area contributed by atoms with E-state index in [1.807, 2.05) is 73.9 Å². The van der Waals surface area contributed by atoms with Gasteiger partial charge in [-0.25, -0.2) is 8.42 Å². The fourth-order valence-corrected chi connectivity index (χ4v) is 6.73. The molecule has 1 aliphatic rings. The van der Waals surface area contributed by atoms with Crippen molar-refractivity contribution in [3.05, 3.63) is 59.7 Å². The first-order valence-corrected chi connectivity index (χ1v) is 14.3. The van der Waals surface area contributed by atoms with E-state index in [-0.39, 0.29) is 29.2 Å². The molecule has 4 rings (SSSR count). The molecule has 0 aliphatic carbocycles. The third-order valence-corrected chi connectivity index (χ3v) is 8.66. The largest absolute Gasteiger partial charge is 0.338 e. The minimum atomic E-state index is -3.06. The van der Waals surface area contributed by atoms with Crippen LogP contribution in [-0.2, 0) is 14.6 Å². The molecule has 3 aromatic rings. The van der Waals surface area contributed by atoms with E-state index in [1.165, 1.54) is 11.8 Å². The van der Waals surface area contributed by atoms with Gasteiger partial charge in [0.15, 0.2) is 20.8 Å². The Balaban J connectivity index is 1.60.